The van der Waals surface area contributed by atoms with E-state index in [1.165, 1.54) is 21.5 Å². The summed E-state index contributed by atoms with van der Waals surface area (Å²) in [5.74, 6) is 0.852. The van der Waals surface area contributed by atoms with E-state index in [1.807, 2.05) is 30.5 Å². The van der Waals surface area contributed by atoms with Crippen molar-refractivity contribution in [2.45, 2.75) is 0 Å². The molecule has 2 nitrogen and oxygen atoms in total. The molecule has 0 bridgehead atoms. The van der Waals surface area contributed by atoms with Crippen LogP contribution < -0.4 is 4.74 Å². The zero-order valence-corrected chi connectivity index (χ0v) is 13.4. The van der Waals surface area contributed by atoms with Gasteiger partial charge in [-0.3, -0.25) is 4.99 Å². The predicted octanol–water partition coefficient (Wildman–Crippen LogP) is 5.75. The fraction of sp³-hybridized carbons (Fsp3) is 0.0455. The van der Waals surface area contributed by atoms with Crippen LogP contribution in [0.2, 0.25) is 0 Å². The number of nitrogens with zero attached hydrogens (tertiary/aromatic N) is 1. The fourth-order valence-corrected chi connectivity index (χ4v) is 2.85. The summed E-state index contributed by atoms with van der Waals surface area (Å²) in [4.78, 5) is 4.60. The minimum Gasteiger partial charge on any atom is -0.497 e. The van der Waals surface area contributed by atoms with Gasteiger partial charge in [-0.2, -0.15) is 0 Å². The van der Waals surface area contributed by atoms with E-state index in [-0.39, 0.29) is 0 Å². The minimum absolute atomic E-state index is 0.852. The van der Waals surface area contributed by atoms with Crippen molar-refractivity contribution in [2.75, 3.05) is 7.11 Å². The van der Waals surface area contributed by atoms with Gasteiger partial charge in [0.15, 0.2) is 0 Å². The van der Waals surface area contributed by atoms with E-state index in [9.17, 15) is 0 Å². The molecule has 2 heteroatoms. The third-order valence-corrected chi connectivity index (χ3v) is 4.17. The van der Waals surface area contributed by atoms with Gasteiger partial charge in [-0.05, 0) is 75.6 Å². The van der Waals surface area contributed by atoms with Gasteiger partial charge in [-0.25, -0.2) is 0 Å². The maximum absolute atomic E-state index is 5.17. The molecule has 0 aromatic heterocycles. The van der Waals surface area contributed by atoms with Crippen LogP contribution in [-0.2, 0) is 0 Å². The number of rotatable bonds is 3. The van der Waals surface area contributed by atoms with Crippen LogP contribution in [0, 0.1) is 0 Å². The SMILES string of the molecule is COc1ccc(C=Nc2ccc3cc4ccccc4cc3c2)cc1. The highest BCUT2D eigenvalue weighted by Gasteiger charge is 1.99. The van der Waals surface area contributed by atoms with Crippen LogP contribution in [0.5, 0.6) is 5.75 Å². The Hall–Kier alpha value is -3.13. The molecule has 0 fully saturated rings. The summed E-state index contributed by atoms with van der Waals surface area (Å²) >= 11 is 0. The summed E-state index contributed by atoms with van der Waals surface area (Å²) in [7, 11) is 1.67. The lowest BCUT2D eigenvalue weighted by Crippen LogP contribution is -1.84. The maximum atomic E-state index is 5.17. The smallest absolute Gasteiger partial charge is 0.118 e. The third kappa shape index (κ3) is 2.86. The van der Waals surface area contributed by atoms with Crippen LogP contribution in [0.25, 0.3) is 21.5 Å². The Morgan fingerprint density at radius 3 is 2.08 bits per heavy atom. The van der Waals surface area contributed by atoms with Gasteiger partial charge < -0.3 is 4.74 Å². The molecular weight excluding hydrogens is 294 g/mol. The molecule has 0 N–H and O–H groups in total. The predicted molar refractivity (Wildman–Crippen MR) is 102 cm³/mol. The van der Waals surface area contributed by atoms with Crippen LogP contribution in [0.3, 0.4) is 0 Å². The average molecular weight is 311 g/mol. The standard InChI is InChI=1S/C22H17NO/c1-24-22-10-6-16(7-11-22)15-23-21-9-8-19-12-17-4-2-3-5-18(17)13-20(19)14-21/h2-15H,1H3. The molecule has 0 aliphatic heterocycles. The first kappa shape index (κ1) is 14.5. The van der Waals surface area contributed by atoms with Crippen molar-refractivity contribution >= 4 is 33.4 Å². The Morgan fingerprint density at radius 1 is 0.708 bits per heavy atom. The van der Waals surface area contributed by atoms with E-state index in [4.69, 9.17) is 4.74 Å². The number of hydrogen-bond donors (Lipinski definition) is 0. The van der Waals surface area contributed by atoms with E-state index < -0.39 is 0 Å². The zero-order valence-electron chi connectivity index (χ0n) is 13.4. The van der Waals surface area contributed by atoms with Gasteiger partial charge in [0.2, 0.25) is 0 Å². The molecule has 0 atom stereocenters. The number of fused-ring (bicyclic) bond motifs is 2. The lowest BCUT2D eigenvalue weighted by atomic mass is 10.0. The van der Waals surface area contributed by atoms with Gasteiger partial charge in [0.05, 0.1) is 12.8 Å². The number of hydrogen-bond acceptors (Lipinski definition) is 2. The van der Waals surface area contributed by atoms with Crippen LogP contribution in [-0.4, -0.2) is 13.3 Å². The van der Waals surface area contributed by atoms with E-state index >= 15 is 0 Å². The number of aliphatic imine (C=N–C) groups is 1. The summed E-state index contributed by atoms with van der Waals surface area (Å²) in [5.41, 5.74) is 2.00. The van der Waals surface area contributed by atoms with Crippen LogP contribution in [0.4, 0.5) is 5.69 Å². The summed E-state index contributed by atoms with van der Waals surface area (Å²) < 4.78 is 5.17. The third-order valence-electron chi connectivity index (χ3n) is 4.17. The molecular formula is C22H17NO. The largest absolute Gasteiger partial charge is 0.497 e. The summed E-state index contributed by atoms with van der Waals surface area (Å²) in [6, 6.07) is 27.0. The number of methoxy groups -OCH3 is 1. The summed E-state index contributed by atoms with van der Waals surface area (Å²) in [6.45, 7) is 0. The van der Waals surface area contributed by atoms with Crippen molar-refractivity contribution in [3.63, 3.8) is 0 Å². The second-order valence-corrected chi connectivity index (χ2v) is 5.76. The molecule has 116 valence electrons. The van der Waals surface area contributed by atoms with E-state index in [0.717, 1.165) is 17.0 Å². The molecule has 0 amide bonds. The number of benzene rings is 4. The molecule has 4 aromatic rings. The molecule has 24 heavy (non-hydrogen) atoms. The topological polar surface area (TPSA) is 21.6 Å². The molecule has 0 radical (unpaired) electrons. The Kier molecular flexibility index (Phi) is 3.72. The first-order valence-corrected chi connectivity index (χ1v) is 7.92. The maximum Gasteiger partial charge on any atom is 0.118 e. The van der Waals surface area contributed by atoms with Crippen LogP contribution >= 0.6 is 0 Å². The molecule has 0 aliphatic rings. The lowest BCUT2D eigenvalue weighted by molar-refractivity contribution is 0.415. The molecule has 4 rings (SSSR count). The fourth-order valence-electron chi connectivity index (χ4n) is 2.85. The van der Waals surface area contributed by atoms with Crippen molar-refractivity contribution in [3.05, 3.63) is 84.4 Å². The van der Waals surface area contributed by atoms with Crippen molar-refractivity contribution in [1.82, 2.24) is 0 Å². The van der Waals surface area contributed by atoms with Gasteiger partial charge in [-0.15, -0.1) is 0 Å². The summed E-state index contributed by atoms with van der Waals surface area (Å²) in [6.07, 6.45) is 1.88. The second-order valence-electron chi connectivity index (χ2n) is 5.76. The van der Waals surface area contributed by atoms with Crippen molar-refractivity contribution in [1.29, 1.82) is 0 Å². The zero-order chi connectivity index (χ0) is 16.4. The normalized spacial score (nSPS) is 11.4. The monoisotopic (exact) mass is 311 g/mol. The Bertz CT molecular complexity index is 1030. The van der Waals surface area contributed by atoms with E-state index in [1.54, 1.807) is 7.11 Å². The van der Waals surface area contributed by atoms with E-state index in [2.05, 4.69) is 59.6 Å². The first-order valence-electron chi connectivity index (χ1n) is 7.92. The molecule has 0 saturated heterocycles. The average Bonchev–Trinajstić information content (AvgIpc) is 2.65. The Morgan fingerprint density at radius 2 is 1.38 bits per heavy atom. The van der Waals surface area contributed by atoms with Crippen molar-refractivity contribution in [3.8, 4) is 5.75 Å². The molecule has 0 spiro atoms. The summed E-state index contributed by atoms with van der Waals surface area (Å²) in [5, 5.41) is 4.95. The Balaban J connectivity index is 1.68. The van der Waals surface area contributed by atoms with Crippen molar-refractivity contribution < 1.29 is 4.74 Å². The van der Waals surface area contributed by atoms with Gasteiger partial charge in [0.25, 0.3) is 0 Å². The quantitative estimate of drug-likeness (QED) is 0.348. The van der Waals surface area contributed by atoms with Crippen LogP contribution in [0.1, 0.15) is 5.56 Å². The highest BCUT2D eigenvalue weighted by Crippen LogP contribution is 2.26. The number of ether oxygens (including phenoxy) is 1. The highest BCUT2D eigenvalue weighted by atomic mass is 16.5. The molecule has 0 unspecified atom stereocenters. The van der Waals surface area contributed by atoms with Gasteiger partial charge in [0, 0.05) is 6.21 Å². The molecule has 0 saturated carbocycles. The van der Waals surface area contributed by atoms with E-state index in [0.29, 0.717) is 0 Å². The van der Waals surface area contributed by atoms with Crippen molar-refractivity contribution in [2.24, 2.45) is 4.99 Å². The van der Waals surface area contributed by atoms with Gasteiger partial charge >= 0.3 is 0 Å². The first-order chi connectivity index (χ1) is 11.8. The Labute approximate surface area is 141 Å². The minimum atomic E-state index is 0.852. The highest BCUT2D eigenvalue weighted by molar-refractivity contribution is 5.99. The van der Waals surface area contributed by atoms with Crippen LogP contribution in [0.15, 0.2) is 83.9 Å². The molecule has 0 aliphatic carbocycles. The molecule has 0 heterocycles. The lowest BCUT2D eigenvalue weighted by Gasteiger charge is -2.03. The molecule has 4 aromatic carbocycles. The van der Waals surface area contributed by atoms with Gasteiger partial charge in [0.1, 0.15) is 5.75 Å². The van der Waals surface area contributed by atoms with Gasteiger partial charge in [-0.1, -0.05) is 30.3 Å². The second kappa shape index (κ2) is 6.17.